The number of amides is 1. The van der Waals surface area contributed by atoms with Gasteiger partial charge in [0.2, 0.25) is 0 Å². The van der Waals surface area contributed by atoms with Crippen molar-refractivity contribution in [3.05, 3.63) is 59.7 Å². The molecule has 0 heterocycles. The van der Waals surface area contributed by atoms with Gasteiger partial charge in [-0.2, -0.15) is 0 Å². The molecule has 6 nitrogen and oxygen atoms in total. The molecule has 3 atom stereocenters. The molecule has 1 aliphatic rings. The second-order valence-corrected chi connectivity index (χ2v) is 12.4. The van der Waals surface area contributed by atoms with Crippen LogP contribution in [0.2, 0.25) is 0 Å². The minimum Gasteiger partial charge on any atom is -0.449 e. The Labute approximate surface area is 176 Å². The van der Waals surface area contributed by atoms with E-state index >= 15 is 0 Å². The van der Waals surface area contributed by atoms with Crippen LogP contribution in [0, 0.1) is 0 Å². The lowest BCUT2D eigenvalue weighted by atomic mass is 9.98. The van der Waals surface area contributed by atoms with Crippen LogP contribution in [0.15, 0.2) is 48.5 Å². The smallest absolute Gasteiger partial charge is 0.407 e. The quantitative estimate of drug-likeness (QED) is 0.422. The zero-order chi connectivity index (χ0) is 20.6. The first-order valence-corrected chi connectivity index (χ1v) is 13.8. The van der Waals surface area contributed by atoms with Gasteiger partial charge in [-0.05, 0) is 22.3 Å². The summed E-state index contributed by atoms with van der Waals surface area (Å²) in [7, 11) is 4.56. The van der Waals surface area contributed by atoms with E-state index in [2.05, 4.69) is 47.4 Å². The fourth-order valence-electron chi connectivity index (χ4n) is 3.37. The van der Waals surface area contributed by atoms with Crippen LogP contribution in [0.1, 0.15) is 17.0 Å². The number of nitrogens with one attached hydrogen (secondary N) is 1. The first-order valence-electron chi connectivity index (χ1n) is 9.32. The van der Waals surface area contributed by atoms with Crippen LogP contribution in [0.25, 0.3) is 11.1 Å². The van der Waals surface area contributed by atoms with Crippen LogP contribution in [0.3, 0.4) is 0 Å². The summed E-state index contributed by atoms with van der Waals surface area (Å²) in [5.74, 6) is 0.00263. The van der Waals surface area contributed by atoms with E-state index in [4.69, 9.17) is 14.0 Å². The zero-order valence-electron chi connectivity index (χ0n) is 16.0. The zero-order valence-corrected chi connectivity index (χ0v) is 19.2. The fourth-order valence-corrected chi connectivity index (χ4v) is 4.29. The van der Waals surface area contributed by atoms with Crippen molar-refractivity contribution >= 4 is 31.5 Å². The Kier molecular flexibility index (Phi) is 8.81. The minimum atomic E-state index is -0.582. The van der Waals surface area contributed by atoms with Crippen LogP contribution in [0.4, 0.5) is 4.79 Å². The van der Waals surface area contributed by atoms with Gasteiger partial charge in [0.05, 0.1) is 40.0 Å². The van der Waals surface area contributed by atoms with E-state index in [0.717, 1.165) is 11.1 Å². The van der Waals surface area contributed by atoms with Crippen LogP contribution >= 0.6 is 25.4 Å². The number of fused-ring (bicyclic) bond motifs is 3. The molecule has 1 amide bonds. The van der Waals surface area contributed by atoms with E-state index < -0.39 is 19.7 Å². The molecule has 0 saturated heterocycles. The monoisotopic (exact) mass is 453 g/mol. The molecule has 0 spiro atoms. The number of hydrogen-bond acceptors (Lipinski definition) is 5. The van der Waals surface area contributed by atoms with E-state index in [-0.39, 0.29) is 25.7 Å². The molecule has 2 aromatic carbocycles. The fraction of sp³-hybridized carbons (Fsp3) is 0.350. The van der Waals surface area contributed by atoms with Gasteiger partial charge in [0, 0.05) is 5.92 Å². The Morgan fingerprint density at radius 2 is 1.69 bits per heavy atom. The molecule has 0 aliphatic heterocycles. The van der Waals surface area contributed by atoms with Crippen molar-refractivity contribution in [2.45, 2.75) is 12.0 Å². The van der Waals surface area contributed by atoms with Gasteiger partial charge in [-0.3, -0.25) is 0 Å². The highest BCUT2D eigenvalue weighted by atomic mass is 32.4. The highest BCUT2D eigenvalue weighted by Crippen LogP contribution is 2.53. The number of aliphatic hydroxyl groups excluding tert-OH is 1. The molecule has 0 saturated carbocycles. The molecule has 156 valence electrons. The van der Waals surface area contributed by atoms with Crippen molar-refractivity contribution in [3.8, 4) is 11.1 Å². The molecule has 2 unspecified atom stereocenters. The third-order valence-corrected chi connectivity index (χ3v) is 6.05. The standard InChI is InChI=1S/C20H26NO5P3/c22-11-14(12-24-9-10-26-29(27)28)21-20(23)25-13-19-17-7-3-1-5-15(17)16-6-2-4-8-18(16)19/h1-8,14,19,22H,9-13,27-28H2,(H,21,23)/t14-/m1/s1. The summed E-state index contributed by atoms with van der Waals surface area (Å²) in [6, 6.07) is 15.8. The molecule has 0 aromatic heterocycles. The molecule has 0 radical (unpaired) electrons. The average molecular weight is 453 g/mol. The summed E-state index contributed by atoms with van der Waals surface area (Å²) in [6.07, 6.45) is -0.566. The van der Waals surface area contributed by atoms with Crippen LogP contribution in [-0.2, 0) is 14.0 Å². The van der Waals surface area contributed by atoms with Gasteiger partial charge in [0.1, 0.15) is 6.61 Å². The topological polar surface area (TPSA) is 77.0 Å². The van der Waals surface area contributed by atoms with Crippen molar-refractivity contribution in [2.24, 2.45) is 0 Å². The molecule has 2 N–H and O–H groups in total. The number of benzene rings is 2. The number of hydrogen-bond donors (Lipinski definition) is 2. The van der Waals surface area contributed by atoms with E-state index in [1.807, 2.05) is 24.3 Å². The highest BCUT2D eigenvalue weighted by Gasteiger charge is 2.29. The van der Waals surface area contributed by atoms with Gasteiger partial charge in [0.25, 0.3) is 0 Å². The summed E-state index contributed by atoms with van der Waals surface area (Å²) in [5, 5.41) is 12.1. The molecule has 9 heteroatoms. The van der Waals surface area contributed by atoms with Gasteiger partial charge in [0.15, 0.2) is 0 Å². The third-order valence-electron chi connectivity index (χ3n) is 4.67. The molecule has 0 bridgehead atoms. The Morgan fingerprint density at radius 1 is 1.07 bits per heavy atom. The van der Waals surface area contributed by atoms with Gasteiger partial charge < -0.3 is 24.4 Å². The maximum atomic E-state index is 12.2. The molecule has 0 fully saturated rings. The highest BCUT2D eigenvalue weighted by molar-refractivity contribution is 8.41. The van der Waals surface area contributed by atoms with Gasteiger partial charge in [-0.25, -0.2) is 4.79 Å². The Balaban J connectivity index is 1.50. The second kappa shape index (κ2) is 11.3. The number of carbonyl (C=O) groups is 1. The van der Waals surface area contributed by atoms with Crippen molar-refractivity contribution in [1.29, 1.82) is 0 Å². The van der Waals surface area contributed by atoms with Gasteiger partial charge >= 0.3 is 6.09 Å². The maximum absolute atomic E-state index is 12.2. The van der Waals surface area contributed by atoms with E-state index in [1.54, 1.807) is 0 Å². The van der Waals surface area contributed by atoms with Crippen molar-refractivity contribution < 1.29 is 23.9 Å². The Morgan fingerprint density at radius 3 is 2.28 bits per heavy atom. The lowest BCUT2D eigenvalue weighted by Gasteiger charge is -2.18. The molecule has 3 rings (SSSR count). The van der Waals surface area contributed by atoms with Crippen molar-refractivity contribution in [1.82, 2.24) is 5.32 Å². The Bertz CT molecular complexity index is 775. The maximum Gasteiger partial charge on any atom is 0.407 e. The number of carbonyl (C=O) groups excluding carboxylic acids is 1. The average Bonchev–Trinajstić information content (AvgIpc) is 3.05. The molecular formula is C20H26NO5P3. The lowest BCUT2D eigenvalue weighted by Crippen LogP contribution is -2.41. The third kappa shape index (κ3) is 6.18. The molecule has 1 aliphatic carbocycles. The van der Waals surface area contributed by atoms with Crippen LogP contribution in [-0.4, -0.2) is 50.3 Å². The van der Waals surface area contributed by atoms with E-state index in [0.29, 0.717) is 13.2 Å². The number of alkyl carbamates (subject to hydrolysis) is 1. The predicted octanol–water partition coefficient (Wildman–Crippen LogP) is 3.90. The number of rotatable bonds is 10. The van der Waals surface area contributed by atoms with Gasteiger partial charge in [-0.1, -0.05) is 66.4 Å². The van der Waals surface area contributed by atoms with Crippen LogP contribution in [0.5, 0.6) is 0 Å². The first-order chi connectivity index (χ1) is 14.1. The summed E-state index contributed by atoms with van der Waals surface area (Å²) in [4.78, 5) is 12.2. The Hall–Kier alpha value is -1.12. The normalized spacial score (nSPS) is 13.8. The summed E-state index contributed by atoms with van der Waals surface area (Å²) >= 11 is 0. The number of aliphatic hydroxyl groups is 1. The van der Waals surface area contributed by atoms with E-state index in [9.17, 15) is 9.90 Å². The SMILES string of the molecule is O=C(N[C@H](CO)COCCOP(P)P)OCC1c2ccccc2-c2ccccc21. The first kappa shape index (κ1) is 22.6. The van der Waals surface area contributed by atoms with Crippen LogP contribution < -0.4 is 5.32 Å². The van der Waals surface area contributed by atoms with Gasteiger partial charge in [-0.15, -0.1) is 0 Å². The lowest BCUT2D eigenvalue weighted by molar-refractivity contribution is 0.0662. The molecular weight excluding hydrogens is 427 g/mol. The van der Waals surface area contributed by atoms with Crippen molar-refractivity contribution in [2.75, 3.05) is 33.0 Å². The summed E-state index contributed by atoms with van der Waals surface area (Å²) in [6.45, 7) is 1.05. The summed E-state index contributed by atoms with van der Waals surface area (Å²) < 4.78 is 16.3. The summed E-state index contributed by atoms with van der Waals surface area (Å²) in [5.41, 5.74) is 4.68. The molecule has 2 aromatic rings. The number of ether oxygens (including phenoxy) is 2. The second-order valence-electron chi connectivity index (χ2n) is 6.62. The largest absolute Gasteiger partial charge is 0.449 e. The minimum absolute atomic E-state index is 0.00263. The van der Waals surface area contributed by atoms with E-state index in [1.165, 1.54) is 11.1 Å². The predicted molar refractivity (Wildman–Crippen MR) is 122 cm³/mol. The molecule has 29 heavy (non-hydrogen) atoms. The van der Waals surface area contributed by atoms with Crippen molar-refractivity contribution in [3.63, 3.8) is 0 Å².